The molecule has 0 radical (unpaired) electrons. The molecule has 0 saturated carbocycles. The summed E-state index contributed by atoms with van der Waals surface area (Å²) in [4.78, 5) is 33.0. The first-order valence-electron chi connectivity index (χ1n) is 8.35. The zero-order valence-corrected chi connectivity index (χ0v) is 13.6. The van der Waals surface area contributed by atoms with E-state index < -0.39 is 0 Å². The maximum absolute atomic E-state index is 12.3. The summed E-state index contributed by atoms with van der Waals surface area (Å²) in [5.74, 6) is 0.0490. The fourth-order valence-electron chi connectivity index (χ4n) is 2.93. The van der Waals surface area contributed by atoms with Crippen molar-refractivity contribution in [1.82, 2.24) is 15.3 Å². The summed E-state index contributed by atoms with van der Waals surface area (Å²) in [5, 5.41) is 0. The molecule has 1 aromatic carbocycles. The maximum Gasteiger partial charge on any atom is 0.341 e. The lowest BCUT2D eigenvalue weighted by Gasteiger charge is -2.35. The van der Waals surface area contributed by atoms with Crippen LogP contribution in [0.5, 0.6) is 0 Å². The molecule has 2 fully saturated rings. The first kappa shape index (κ1) is 16.7. The Labute approximate surface area is 141 Å². The minimum Gasteiger partial charge on any atom is -0.368 e. The molecule has 2 saturated heterocycles. The lowest BCUT2D eigenvalue weighted by molar-refractivity contribution is -0.142. The summed E-state index contributed by atoms with van der Waals surface area (Å²) in [5.41, 5.74) is 3.45. The van der Waals surface area contributed by atoms with Crippen LogP contribution in [0.2, 0.25) is 0 Å². The van der Waals surface area contributed by atoms with Crippen LogP contribution < -0.4 is 5.48 Å². The van der Waals surface area contributed by atoms with Gasteiger partial charge in [-0.05, 0) is 18.4 Å². The molecule has 2 heterocycles. The van der Waals surface area contributed by atoms with Crippen molar-refractivity contribution < 1.29 is 19.2 Å². The zero-order chi connectivity index (χ0) is 16.8. The fraction of sp³-hybridized carbons (Fsp3) is 0.529. The van der Waals surface area contributed by atoms with Crippen molar-refractivity contribution in [2.45, 2.75) is 25.6 Å². The first-order valence-corrected chi connectivity index (χ1v) is 8.35. The third-order valence-corrected chi connectivity index (χ3v) is 4.32. The second-order valence-electron chi connectivity index (χ2n) is 6.00. The van der Waals surface area contributed by atoms with E-state index in [1.807, 2.05) is 30.3 Å². The first-order chi connectivity index (χ1) is 11.7. The Balaban J connectivity index is 1.38. The van der Waals surface area contributed by atoms with Gasteiger partial charge in [0.2, 0.25) is 0 Å². The van der Waals surface area contributed by atoms with Crippen molar-refractivity contribution in [3.63, 3.8) is 0 Å². The number of nitrogens with zero attached hydrogens (tertiary/aromatic N) is 2. The summed E-state index contributed by atoms with van der Waals surface area (Å²) in [6.07, 6.45) is 1.45. The highest BCUT2D eigenvalue weighted by atomic mass is 16.7. The molecule has 0 aromatic heterocycles. The molecular weight excluding hydrogens is 310 g/mol. The number of benzene rings is 1. The predicted octanol–water partition coefficient (Wildman–Crippen LogP) is 1.15. The Hall–Kier alpha value is -2.12. The lowest BCUT2D eigenvalue weighted by Crippen LogP contribution is -2.54. The smallest absolute Gasteiger partial charge is 0.341 e. The summed E-state index contributed by atoms with van der Waals surface area (Å²) in [7, 11) is 0. The van der Waals surface area contributed by atoms with E-state index in [2.05, 4.69) is 5.48 Å². The van der Waals surface area contributed by atoms with Gasteiger partial charge >= 0.3 is 6.03 Å². The van der Waals surface area contributed by atoms with Crippen LogP contribution in [0.25, 0.3) is 0 Å². The average Bonchev–Trinajstić information content (AvgIpc) is 3.17. The molecule has 7 nitrogen and oxygen atoms in total. The molecular formula is C17H23N3O4. The third kappa shape index (κ3) is 4.24. The number of hydroxylamine groups is 1. The molecule has 3 amide bonds. The Morgan fingerprint density at radius 2 is 1.83 bits per heavy atom. The molecule has 0 bridgehead atoms. The van der Waals surface area contributed by atoms with Gasteiger partial charge < -0.3 is 14.5 Å². The number of amides is 3. The van der Waals surface area contributed by atoms with Crippen molar-refractivity contribution in [3.05, 3.63) is 35.9 Å². The number of hydrogen-bond donors (Lipinski definition) is 1. The molecule has 0 aliphatic carbocycles. The SMILES string of the molecule is O=C(NOCc1ccccc1)N1CCN(C(=O)C2CCCO2)CC1. The van der Waals surface area contributed by atoms with E-state index in [0.29, 0.717) is 39.4 Å². The number of nitrogens with one attached hydrogen (secondary N) is 1. The van der Waals surface area contributed by atoms with E-state index in [4.69, 9.17) is 9.57 Å². The van der Waals surface area contributed by atoms with E-state index in [9.17, 15) is 9.59 Å². The van der Waals surface area contributed by atoms with Gasteiger partial charge in [-0.15, -0.1) is 0 Å². The monoisotopic (exact) mass is 333 g/mol. The molecule has 1 atom stereocenters. The maximum atomic E-state index is 12.3. The average molecular weight is 333 g/mol. The molecule has 130 valence electrons. The van der Waals surface area contributed by atoms with Crippen molar-refractivity contribution in [3.8, 4) is 0 Å². The number of urea groups is 1. The van der Waals surface area contributed by atoms with Gasteiger partial charge in [0.25, 0.3) is 5.91 Å². The quantitative estimate of drug-likeness (QED) is 0.839. The van der Waals surface area contributed by atoms with Gasteiger partial charge in [0.15, 0.2) is 0 Å². The van der Waals surface area contributed by atoms with Crippen LogP contribution in [0.3, 0.4) is 0 Å². The Morgan fingerprint density at radius 3 is 2.50 bits per heavy atom. The summed E-state index contributed by atoms with van der Waals surface area (Å²) < 4.78 is 5.43. The van der Waals surface area contributed by atoms with E-state index in [1.54, 1.807) is 9.80 Å². The van der Waals surface area contributed by atoms with Crippen LogP contribution in [-0.4, -0.2) is 60.6 Å². The molecule has 1 N–H and O–H groups in total. The largest absolute Gasteiger partial charge is 0.368 e. The van der Waals surface area contributed by atoms with E-state index in [0.717, 1.165) is 18.4 Å². The van der Waals surface area contributed by atoms with Crippen LogP contribution in [0.15, 0.2) is 30.3 Å². The minimum atomic E-state index is -0.292. The van der Waals surface area contributed by atoms with Gasteiger partial charge in [-0.3, -0.25) is 9.63 Å². The molecule has 24 heavy (non-hydrogen) atoms. The molecule has 0 spiro atoms. The Kier molecular flexibility index (Phi) is 5.66. The van der Waals surface area contributed by atoms with Gasteiger partial charge in [0.1, 0.15) is 6.10 Å². The van der Waals surface area contributed by atoms with Crippen molar-refractivity contribution >= 4 is 11.9 Å². The normalized spacial score (nSPS) is 20.9. The van der Waals surface area contributed by atoms with Crippen molar-refractivity contribution in [2.24, 2.45) is 0 Å². The number of carbonyl (C=O) groups excluding carboxylic acids is 2. The minimum absolute atomic E-state index is 0.0490. The number of rotatable bonds is 4. The van der Waals surface area contributed by atoms with Crippen LogP contribution >= 0.6 is 0 Å². The molecule has 2 aliphatic heterocycles. The van der Waals surface area contributed by atoms with E-state index in [-0.39, 0.29) is 18.0 Å². The molecule has 1 unspecified atom stereocenters. The summed E-state index contributed by atoms with van der Waals surface area (Å²) >= 11 is 0. The zero-order valence-electron chi connectivity index (χ0n) is 13.6. The van der Waals surface area contributed by atoms with Crippen LogP contribution in [-0.2, 0) is 21.0 Å². The van der Waals surface area contributed by atoms with Crippen LogP contribution in [0.4, 0.5) is 4.79 Å². The summed E-state index contributed by atoms with van der Waals surface area (Å²) in [6.45, 7) is 3.05. The molecule has 1 aromatic rings. The van der Waals surface area contributed by atoms with Crippen molar-refractivity contribution in [2.75, 3.05) is 32.8 Å². The number of hydrogen-bond acceptors (Lipinski definition) is 4. The topological polar surface area (TPSA) is 71.1 Å². The van der Waals surface area contributed by atoms with E-state index in [1.165, 1.54) is 0 Å². The highest BCUT2D eigenvalue weighted by Crippen LogP contribution is 2.16. The van der Waals surface area contributed by atoms with Gasteiger partial charge in [0, 0.05) is 32.8 Å². The van der Waals surface area contributed by atoms with E-state index >= 15 is 0 Å². The second kappa shape index (κ2) is 8.12. The molecule has 3 rings (SSSR count). The number of piperazine rings is 1. The second-order valence-corrected chi connectivity index (χ2v) is 6.00. The highest BCUT2D eigenvalue weighted by Gasteiger charge is 2.31. The Bertz CT molecular complexity index is 552. The van der Waals surface area contributed by atoms with Crippen LogP contribution in [0, 0.1) is 0 Å². The lowest BCUT2D eigenvalue weighted by atomic mass is 10.2. The standard InChI is InChI=1S/C17H23N3O4/c21-16(15-7-4-12-23-15)19-8-10-20(11-9-19)17(22)18-24-13-14-5-2-1-3-6-14/h1-3,5-6,15H,4,7-13H2,(H,18,22). The van der Waals surface area contributed by atoms with Gasteiger partial charge in [0.05, 0.1) is 6.61 Å². The number of carbonyl (C=O) groups is 2. The predicted molar refractivity (Wildman–Crippen MR) is 86.9 cm³/mol. The van der Waals surface area contributed by atoms with Crippen LogP contribution in [0.1, 0.15) is 18.4 Å². The van der Waals surface area contributed by atoms with Gasteiger partial charge in [-0.25, -0.2) is 10.3 Å². The highest BCUT2D eigenvalue weighted by molar-refractivity contribution is 5.81. The van der Waals surface area contributed by atoms with Gasteiger partial charge in [-0.1, -0.05) is 30.3 Å². The fourth-order valence-corrected chi connectivity index (χ4v) is 2.93. The summed E-state index contributed by atoms with van der Waals surface area (Å²) in [6, 6.07) is 9.37. The van der Waals surface area contributed by atoms with Crippen molar-refractivity contribution in [1.29, 1.82) is 0 Å². The Morgan fingerprint density at radius 1 is 1.12 bits per heavy atom. The van der Waals surface area contributed by atoms with Gasteiger partial charge in [-0.2, -0.15) is 0 Å². The molecule has 2 aliphatic rings. The number of ether oxygens (including phenoxy) is 1. The third-order valence-electron chi connectivity index (χ3n) is 4.32. The molecule has 7 heteroatoms.